The van der Waals surface area contributed by atoms with Crippen molar-refractivity contribution in [2.45, 2.75) is 32.9 Å². The topological polar surface area (TPSA) is 45.6 Å². The van der Waals surface area contributed by atoms with Crippen LogP contribution in [0.2, 0.25) is 0 Å². The van der Waals surface area contributed by atoms with Gasteiger partial charge in [-0.1, -0.05) is 25.1 Å². The smallest absolute Gasteiger partial charge is 0.0854 e. The zero-order chi connectivity index (χ0) is 15.2. The van der Waals surface area contributed by atoms with Crippen LogP contribution in [0.25, 0.3) is 10.9 Å². The first-order valence-corrected chi connectivity index (χ1v) is 7.46. The third-order valence-electron chi connectivity index (χ3n) is 3.88. The number of methoxy groups -OCH3 is 1. The maximum Gasteiger partial charge on any atom is 0.0854 e. The lowest BCUT2D eigenvalue weighted by Crippen LogP contribution is -2.35. The lowest BCUT2D eigenvalue weighted by molar-refractivity contribution is 0.203. The van der Waals surface area contributed by atoms with Crippen molar-refractivity contribution in [1.29, 1.82) is 0 Å². The molecule has 1 N–H and O–H groups in total. The number of pyridine rings is 1. The molecule has 0 spiro atoms. The summed E-state index contributed by atoms with van der Waals surface area (Å²) < 4.78 is 5.25. The second-order valence-electron chi connectivity index (χ2n) is 5.25. The van der Waals surface area contributed by atoms with E-state index in [0.717, 1.165) is 29.6 Å². The Bertz CT molecular complexity index is 586. The molecule has 0 fully saturated rings. The highest BCUT2D eigenvalue weighted by atomic mass is 16.5. The molecular weight excluding hydrogens is 264 g/mol. The zero-order valence-electron chi connectivity index (χ0n) is 13.0. The number of ether oxygens (including phenoxy) is 1. The number of hydrogen-bond donors (Lipinski definition) is 1. The minimum absolute atomic E-state index is 0.0452. The third-order valence-corrected chi connectivity index (χ3v) is 3.88. The van der Waals surface area contributed by atoms with Crippen LogP contribution in [0.5, 0.6) is 0 Å². The van der Waals surface area contributed by atoms with Gasteiger partial charge in [0.25, 0.3) is 0 Å². The Labute approximate surface area is 126 Å². The van der Waals surface area contributed by atoms with Gasteiger partial charge in [-0.15, -0.1) is 0 Å². The highest BCUT2D eigenvalue weighted by molar-refractivity contribution is 5.92. The van der Waals surface area contributed by atoms with Crippen molar-refractivity contribution in [3.8, 4) is 0 Å². The van der Waals surface area contributed by atoms with E-state index in [0.29, 0.717) is 18.3 Å². The third kappa shape index (κ3) is 3.52. The summed E-state index contributed by atoms with van der Waals surface area (Å²) in [4.78, 5) is 6.83. The Kier molecular flexibility index (Phi) is 5.53. The molecule has 1 unspecified atom stereocenters. The Morgan fingerprint density at radius 1 is 1.33 bits per heavy atom. The van der Waals surface area contributed by atoms with E-state index in [1.807, 2.05) is 24.3 Å². The first-order valence-electron chi connectivity index (χ1n) is 7.46. The predicted molar refractivity (Wildman–Crippen MR) is 86.6 cm³/mol. The predicted octanol–water partition coefficient (Wildman–Crippen LogP) is 2.98. The van der Waals surface area contributed by atoms with Gasteiger partial charge in [-0.05, 0) is 25.5 Å². The fourth-order valence-electron chi connectivity index (χ4n) is 2.52. The number of anilines is 1. The molecule has 1 heterocycles. The summed E-state index contributed by atoms with van der Waals surface area (Å²) in [6.07, 6.45) is 1.05. The molecule has 4 heteroatoms. The number of benzene rings is 1. The van der Waals surface area contributed by atoms with Gasteiger partial charge >= 0.3 is 0 Å². The van der Waals surface area contributed by atoms with Gasteiger partial charge in [0.2, 0.25) is 0 Å². The molecule has 0 aliphatic heterocycles. The summed E-state index contributed by atoms with van der Waals surface area (Å²) in [6, 6.07) is 10.5. The van der Waals surface area contributed by atoms with Crippen LogP contribution in [-0.2, 0) is 11.3 Å². The number of aromatic nitrogens is 1. The maximum absolute atomic E-state index is 9.47. The molecule has 1 aromatic carbocycles. The van der Waals surface area contributed by atoms with Crippen LogP contribution in [0.4, 0.5) is 5.69 Å². The Morgan fingerprint density at radius 3 is 2.76 bits per heavy atom. The van der Waals surface area contributed by atoms with Gasteiger partial charge in [0.05, 0.1) is 24.4 Å². The molecule has 1 atom stereocenters. The van der Waals surface area contributed by atoms with E-state index in [9.17, 15) is 5.11 Å². The SMILES string of the molecule is CCC(C)N(CCOC)c1cc(CO)nc2ccccc12. The highest BCUT2D eigenvalue weighted by Gasteiger charge is 2.16. The first-order chi connectivity index (χ1) is 10.2. The fraction of sp³-hybridized carbons (Fsp3) is 0.471. The van der Waals surface area contributed by atoms with Crippen molar-refractivity contribution in [2.75, 3.05) is 25.2 Å². The van der Waals surface area contributed by atoms with Gasteiger partial charge in [-0.2, -0.15) is 0 Å². The van der Waals surface area contributed by atoms with Gasteiger partial charge in [0.15, 0.2) is 0 Å². The summed E-state index contributed by atoms with van der Waals surface area (Å²) in [7, 11) is 1.72. The fourth-order valence-corrected chi connectivity index (χ4v) is 2.52. The van der Waals surface area contributed by atoms with E-state index >= 15 is 0 Å². The number of para-hydroxylation sites is 1. The molecule has 114 valence electrons. The molecule has 0 aliphatic rings. The summed E-state index contributed by atoms with van der Waals surface area (Å²) in [6.45, 7) is 5.85. The first kappa shape index (κ1) is 15.7. The monoisotopic (exact) mass is 288 g/mol. The molecule has 0 amide bonds. The van der Waals surface area contributed by atoms with Crippen molar-refractivity contribution in [2.24, 2.45) is 0 Å². The van der Waals surface area contributed by atoms with Crippen LogP contribution in [0.15, 0.2) is 30.3 Å². The van der Waals surface area contributed by atoms with Gasteiger partial charge in [0.1, 0.15) is 0 Å². The number of fused-ring (bicyclic) bond motifs is 1. The Morgan fingerprint density at radius 2 is 2.10 bits per heavy atom. The summed E-state index contributed by atoms with van der Waals surface area (Å²) in [5, 5.41) is 10.6. The van der Waals surface area contributed by atoms with E-state index in [2.05, 4.69) is 29.8 Å². The van der Waals surface area contributed by atoms with Crippen LogP contribution >= 0.6 is 0 Å². The maximum atomic E-state index is 9.47. The molecule has 0 saturated carbocycles. The molecule has 0 bridgehead atoms. The molecule has 21 heavy (non-hydrogen) atoms. The number of rotatable bonds is 7. The molecule has 0 aliphatic carbocycles. The second-order valence-corrected chi connectivity index (χ2v) is 5.25. The molecule has 0 radical (unpaired) electrons. The van der Waals surface area contributed by atoms with E-state index in [1.165, 1.54) is 0 Å². The van der Waals surface area contributed by atoms with Crippen LogP contribution in [-0.4, -0.2) is 36.4 Å². The minimum atomic E-state index is -0.0452. The summed E-state index contributed by atoms with van der Waals surface area (Å²) in [5.41, 5.74) is 2.75. The number of nitrogens with zero attached hydrogens (tertiary/aromatic N) is 2. The number of aliphatic hydroxyl groups is 1. The Hall–Kier alpha value is -1.65. The average molecular weight is 288 g/mol. The quantitative estimate of drug-likeness (QED) is 0.851. The molecule has 4 nitrogen and oxygen atoms in total. The van der Waals surface area contributed by atoms with Crippen LogP contribution in [0.1, 0.15) is 26.0 Å². The molecular formula is C17H24N2O2. The van der Waals surface area contributed by atoms with Crippen LogP contribution in [0, 0.1) is 0 Å². The summed E-state index contributed by atoms with van der Waals surface area (Å²) in [5.74, 6) is 0. The van der Waals surface area contributed by atoms with Crippen molar-refractivity contribution in [3.05, 3.63) is 36.0 Å². The minimum Gasteiger partial charge on any atom is -0.390 e. The van der Waals surface area contributed by atoms with Crippen LogP contribution < -0.4 is 4.90 Å². The van der Waals surface area contributed by atoms with E-state index in [1.54, 1.807) is 7.11 Å². The number of aliphatic hydroxyl groups excluding tert-OH is 1. The molecule has 1 aromatic heterocycles. The highest BCUT2D eigenvalue weighted by Crippen LogP contribution is 2.29. The van der Waals surface area contributed by atoms with Crippen molar-refractivity contribution in [1.82, 2.24) is 4.98 Å². The standard InChI is InChI=1S/C17H24N2O2/c1-4-13(2)19(9-10-21-3)17-11-14(12-20)18-16-8-6-5-7-15(16)17/h5-8,11,13,20H,4,9-10,12H2,1-3H3. The van der Waals surface area contributed by atoms with Crippen molar-refractivity contribution >= 4 is 16.6 Å². The normalized spacial score (nSPS) is 12.6. The van der Waals surface area contributed by atoms with E-state index in [-0.39, 0.29) is 6.61 Å². The van der Waals surface area contributed by atoms with Crippen molar-refractivity contribution in [3.63, 3.8) is 0 Å². The van der Waals surface area contributed by atoms with E-state index < -0.39 is 0 Å². The second kappa shape index (κ2) is 7.38. The average Bonchev–Trinajstić information content (AvgIpc) is 2.54. The molecule has 2 rings (SSSR count). The molecule has 2 aromatic rings. The van der Waals surface area contributed by atoms with Gasteiger partial charge in [-0.3, -0.25) is 4.98 Å². The Balaban J connectivity index is 2.53. The van der Waals surface area contributed by atoms with Crippen molar-refractivity contribution < 1.29 is 9.84 Å². The molecule has 0 saturated heterocycles. The number of hydrogen-bond acceptors (Lipinski definition) is 4. The lowest BCUT2D eigenvalue weighted by Gasteiger charge is -2.32. The summed E-state index contributed by atoms with van der Waals surface area (Å²) >= 11 is 0. The lowest BCUT2D eigenvalue weighted by atomic mass is 10.1. The zero-order valence-corrected chi connectivity index (χ0v) is 13.0. The largest absolute Gasteiger partial charge is 0.390 e. The van der Waals surface area contributed by atoms with Crippen LogP contribution in [0.3, 0.4) is 0 Å². The van der Waals surface area contributed by atoms with Gasteiger partial charge in [0, 0.05) is 30.8 Å². The van der Waals surface area contributed by atoms with Gasteiger partial charge < -0.3 is 14.7 Å². The van der Waals surface area contributed by atoms with E-state index in [4.69, 9.17) is 4.74 Å². The van der Waals surface area contributed by atoms with Gasteiger partial charge in [-0.25, -0.2) is 0 Å².